The molecule has 2 aromatic heterocycles. The summed E-state index contributed by atoms with van der Waals surface area (Å²) in [5.74, 6) is 0.186. The van der Waals surface area contributed by atoms with E-state index in [1.165, 1.54) is 6.07 Å². The molecule has 0 unspecified atom stereocenters. The Morgan fingerprint density at radius 1 is 1.25 bits per heavy atom. The first-order valence-corrected chi connectivity index (χ1v) is 6.38. The molecule has 0 saturated heterocycles. The lowest BCUT2D eigenvalue weighted by Crippen LogP contribution is -2.10. The molecule has 2 rings (SSSR count). The molecule has 108 valence electrons. The molecule has 0 aliphatic carbocycles. The number of nitrogens with zero attached hydrogens (tertiary/aromatic N) is 4. The minimum absolute atomic E-state index is 0.168. The second kappa shape index (κ2) is 5.21. The van der Waals surface area contributed by atoms with Gasteiger partial charge in [0.25, 0.3) is 0 Å². The van der Waals surface area contributed by atoms with Crippen molar-refractivity contribution in [3.05, 3.63) is 34.0 Å². The topological polar surface area (TPSA) is 43.6 Å². The predicted molar refractivity (Wildman–Crippen MR) is 68.2 cm³/mol. The number of hydrogen-bond acceptors (Lipinski definition) is 3. The third-order valence-corrected chi connectivity index (χ3v) is 3.15. The quantitative estimate of drug-likeness (QED) is 0.791. The van der Waals surface area contributed by atoms with Gasteiger partial charge in [0.05, 0.1) is 5.88 Å². The zero-order valence-corrected chi connectivity index (χ0v) is 12.0. The van der Waals surface area contributed by atoms with Crippen LogP contribution in [0.3, 0.4) is 0 Å². The van der Waals surface area contributed by atoms with Crippen molar-refractivity contribution < 1.29 is 13.2 Å². The third-order valence-electron chi connectivity index (χ3n) is 2.49. The molecule has 0 atom stereocenters. The molecule has 2 aromatic rings. The average Bonchev–Trinajstić information content (AvgIpc) is 2.64. The smallest absolute Gasteiger partial charge is 0.238 e. The van der Waals surface area contributed by atoms with Gasteiger partial charge in [-0.05, 0) is 13.8 Å². The van der Waals surface area contributed by atoms with Gasteiger partial charge in [-0.1, -0.05) is 11.6 Å². The Kier molecular flexibility index (Phi) is 3.93. The van der Waals surface area contributed by atoms with E-state index in [4.69, 9.17) is 23.2 Å². The van der Waals surface area contributed by atoms with Crippen molar-refractivity contribution >= 4 is 23.2 Å². The highest BCUT2D eigenvalue weighted by atomic mass is 35.5. The number of hydrogen-bond donors (Lipinski definition) is 0. The summed E-state index contributed by atoms with van der Waals surface area (Å²) in [5, 5.41) is 3.29. The highest BCUT2D eigenvalue weighted by Crippen LogP contribution is 2.36. The van der Waals surface area contributed by atoms with E-state index < -0.39 is 17.8 Å². The molecule has 20 heavy (non-hydrogen) atoms. The fourth-order valence-electron chi connectivity index (χ4n) is 1.73. The molecule has 0 N–H and O–H groups in total. The Hall–Kier alpha value is -1.34. The van der Waals surface area contributed by atoms with E-state index in [0.29, 0.717) is 11.5 Å². The molecule has 0 aromatic carbocycles. The first kappa shape index (κ1) is 15.1. The van der Waals surface area contributed by atoms with Crippen molar-refractivity contribution in [2.45, 2.75) is 25.9 Å². The summed E-state index contributed by atoms with van der Waals surface area (Å²) in [5.41, 5.74) is -0.777. The molecule has 0 saturated carbocycles. The zero-order chi connectivity index (χ0) is 15.1. The number of halogens is 5. The Balaban J connectivity index is 2.66. The number of rotatable bonds is 2. The van der Waals surface area contributed by atoms with Gasteiger partial charge in [0.2, 0.25) is 0 Å². The molecule has 0 fully saturated rings. The minimum Gasteiger partial charge on any atom is -0.238 e. The molecular formula is C11H9Cl2F3N4. The standard InChI is InChI=1S/C11H9Cl2F3N4/c1-5-3-8(18-6(2)17-5)20-10(13)7(4-12)9(19-20)11(14,15)16/h3H,4H2,1-2H3. The summed E-state index contributed by atoms with van der Waals surface area (Å²) in [6.45, 7) is 3.32. The number of aromatic nitrogens is 4. The Morgan fingerprint density at radius 3 is 2.35 bits per heavy atom. The van der Waals surface area contributed by atoms with E-state index in [1.807, 2.05) is 0 Å². The average molecular weight is 325 g/mol. The van der Waals surface area contributed by atoms with Crippen molar-refractivity contribution in [1.82, 2.24) is 19.7 Å². The van der Waals surface area contributed by atoms with Crippen LogP contribution in [-0.2, 0) is 12.1 Å². The summed E-state index contributed by atoms with van der Waals surface area (Å²) >= 11 is 11.5. The van der Waals surface area contributed by atoms with Gasteiger partial charge in [0, 0.05) is 17.3 Å². The van der Waals surface area contributed by atoms with Crippen LogP contribution in [-0.4, -0.2) is 19.7 Å². The van der Waals surface area contributed by atoms with Gasteiger partial charge in [0.15, 0.2) is 11.5 Å². The van der Waals surface area contributed by atoms with Crippen molar-refractivity contribution in [3.63, 3.8) is 0 Å². The summed E-state index contributed by atoms with van der Waals surface area (Å²) in [4.78, 5) is 8.07. The molecule has 0 aliphatic rings. The van der Waals surface area contributed by atoms with Crippen molar-refractivity contribution in [2.24, 2.45) is 0 Å². The van der Waals surface area contributed by atoms with Crippen LogP contribution in [0.2, 0.25) is 5.15 Å². The van der Waals surface area contributed by atoms with Gasteiger partial charge in [0.1, 0.15) is 11.0 Å². The van der Waals surface area contributed by atoms with E-state index in [0.717, 1.165) is 4.68 Å². The molecule has 0 bridgehead atoms. The van der Waals surface area contributed by atoms with Crippen LogP contribution in [0, 0.1) is 13.8 Å². The maximum atomic E-state index is 12.9. The molecule has 4 nitrogen and oxygen atoms in total. The summed E-state index contributed by atoms with van der Waals surface area (Å²) in [6, 6.07) is 1.49. The van der Waals surface area contributed by atoms with Crippen LogP contribution in [0.5, 0.6) is 0 Å². The lowest BCUT2D eigenvalue weighted by Gasteiger charge is -2.04. The fourth-order valence-corrected chi connectivity index (χ4v) is 2.34. The Labute approximate surface area is 122 Å². The van der Waals surface area contributed by atoms with Gasteiger partial charge in [-0.25, -0.2) is 14.6 Å². The van der Waals surface area contributed by atoms with E-state index in [-0.39, 0.29) is 16.5 Å². The largest absolute Gasteiger partial charge is 0.435 e. The van der Waals surface area contributed by atoms with E-state index in [9.17, 15) is 13.2 Å². The van der Waals surface area contributed by atoms with Gasteiger partial charge in [-0.3, -0.25) is 0 Å². The fraction of sp³-hybridized carbons (Fsp3) is 0.364. The lowest BCUT2D eigenvalue weighted by molar-refractivity contribution is -0.141. The van der Waals surface area contributed by atoms with E-state index >= 15 is 0 Å². The van der Waals surface area contributed by atoms with Crippen LogP contribution in [0.15, 0.2) is 6.07 Å². The van der Waals surface area contributed by atoms with Crippen LogP contribution >= 0.6 is 23.2 Å². The zero-order valence-electron chi connectivity index (χ0n) is 10.5. The molecule has 0 aliphatic heterocycles. The first-order chi connectivity index (χ1) is 9.24. The molecular weight excluding hydrogens is 316 g/mol. The van der Waals surface area contributed by atoms with Crippen molar-refractivity contribution in [2.75, 3.05) is 0 Å². The predicted octanol–water partition coefficient (Wildman–Crippen LogP) is 3.69. The van der Waals surface area contributed by atoms with Crippen LogP contribution in [0.4, 0.5) is 13.2 Å². The third kappa shape index (κ3) is 2.73. The first-order valence-electron chi connectivity index (χ1n) is 5.47. The van der Waals surface area contributed by atoms with E-state index in [1.54, 1.807) is 13.8 Å². The second-order valence-corrected chi connectivity index (χ2v) is 4.70. The summed E-state index contributed by atoms with van der Waals surface area (Å²) in [6.07, 6.45) is -4.63. The van der Waals surface area contributed by atoms with Gasteiger partial charge in [-0.2, -0.15) is 18.3 Å². The lowest BCUT2D eigenvalue weighted by atomic mass is 10.3. The monoisotopic (exact) mass is 324 g/mol. The number of alkyl halides is 4. The Morgan fingerprint density at radius 2 is 1.90 bits per heavy atom. The Bertz CT molecular complexity index is 632. The van der Waals surface area contributed by atoms with Gasteiger partial charge >= 0.3 is 6.18 Å². The molecule has 9 heteroatoms. The molecule has 0 radical (unpaired) electrons. The number of aryl methyl sites for hydroxylation is 2. The van der Waals surface area contributed by atoms with Gasteiger partial charge < -0.3 is 0 Å². The SMILES string of the molecule is Cc1cc(-n2nc(C(F)(F)F)c(CCl)c2Cl)nc(C)n1. The van der Waals surface area contributed by atoms with Crippen molar-refractivity contribution in [3.8, 4) is 5.82 Å². The highest BCUT2D eigenvalue weighted by molar-refractivity contribution is 6.31. The van der Waals surface area contributed by atoms with Crippen LogP contribution in [0.25, 0.3) is 5.82 Å². The molecule has 2 heterocycles. The summed E-state index contributed by atoms with van der Waals surface area (Å²) in [7, 11) is 0. The minimum atomic E-state index is -4.63. The normalized spacial score (nSPS) is 11.9. The van der Waals surface area contributed by atoms with Gasteiger partial charge in [-0.15, -0.1) is 11.6 Å². The maximum absolute atomic E-state index is 12.9. The molecule has 0 spiro atoms. The van der Waals surface area contributed by atoms with E-state index in [2.05, 4.69) is 15.1 Å². The summed E-state index contributed by atoms with van der Waals surface area (Å²) < 4.78 is 39.6. The highest BCUT2D eigenvalue weighted by Gasteiger charge is 2.39. The molecule has 0 amide bonds. The second-order valence-electron chi connectivity index (χ2n) is 4.08. The maximum Gasteiger partial charge on any atom is 0.435 e. The van der Waals surface area contributed by atoms with Crippen LogP contribution < -0.4 is 0 Å². The van der Waals surface area contributed by atoms with Crippen molar-refractivity contribution in [1.29, 1.82) is 0 Å². The van der Waals surface area contributed by atoms with Crippen LogP contribution in [0.1, 0.15) is 22.8 Å².